The van der Waals surface area contributed by atoms with Gasteiger partial charge in [0.1, 0.15) is 0 Å². The van der Waals surface area contributed by atoms with Crippen molar-refractivity contribution in [2.75, 3.05) is 13.1 Å². The van der Waals surface area contributed by atoms with Crippen molar-refractivity contribution >= 4 is 5.91 Å². The first-order valence-electron chi connectivity index (χ1n) is 7.51. The number of aryl methyl sites for hydroxylation is 2. The van der Waals surface area contributed by atoms with Crippen molar-refractivity contribution in [3.05, 3.63) is 35.4 Å². The predicted molar refractivity (Wildman–Crippen MR) is 79.1 cm³/mol. The van der Waals surface area contributed by atoms with E-state index in [1.807, 2.05) is 35.7 Å². The summed E-state index contributed by atoms with van der Waals surface area (Å²) in [6.45, 7) is 6.27. The molecule has 1 amide bonds. The summed E-state index contributed by atoms with van der Waals surface area (Å²) in [7, 11) is 0. The van der Waals surface area contributed by atoms with Gasteiger partial charge < -0.3 is 4.90 Å². The van der Waals surface area contributed by atoms with E-state index in [0.29, 0.717) is 5.92 Å². The van der Waals surface area contributed by atoms with Gasteiger partial charge in [0.15, 0.2) is 0 Å². The van der Waals surface area contributed by atoms with E-state index in [1.165, 1.54) is 0 Å². The Morgan fingerprint density at radius 1 is 1.52 bits per heavy atom. The van der Waals surface area contributed by atoms with Crippen LogP contribution in [0, 0.1) is 6.92 Å². The Hall–Kier alpha value is -2.11. The van der Waals surface area contributed by atoms with Crippen molar-refractivity contribution < 1.29 is 4.79 Å². The summed E-state index contributed by atoms with van der Waals surface area (Å²) in [4.78, 5) is 14.7. The van der Waals surface area contributed by atoms with Crippen LogP contribution in [0.2, 0.25) is 0 Å². The Morgan fingerprint density at radius 2 is 2.38 bits per heavy atom. The minimum Gasteiger partial charge on any atom is -0.338 e. The van der Waals surface area contributed by atoms with E-state index in [2.05, 4.69) is 15.3 Å². The lowest BCUT2D eigenvalue weighted by Gasteiger charge is -2.32. The molecule has 0 bridgehead atoms. The number of nitrogens with one attached hydrogen (secondary N) is 1. The van der Waals surface area contributed by atoms with E-state index in [0.717, 1.165) is 49.4 Å². The summed E-state index contributed by atoms with van der Waals surface area (Å²) < 4.78 is 1.82. The molecule has 112 valence electrons. The minimum absolute atomic E-state index is 0.0939. The zero-order valence-corrected chi connectivity index (χ0v) is 12.5. The lowest BCUT2D eigenvalue weighted by molar-refractivity contribution is 0.0705. The topological polar surface area (TPSA) is 66.8 Å². The molecule has 6 nitrogen and oxygen atoms in total. The van der Waals surface area contributed by atoms with Gasteiger partial charge in [0.2, 0.25) is 0 Å². The second-order valence-electron chi connectivity index (χ2n) is 5.59. The normalized spacial score (nSPS) is 19.0. The number of nitrogens with zero attached hydrogens (tertiary/aromatic N) is 4. The molecule has 2 aromatic heterocycles. The molecule has 6 heteroatoms. The van der Waals surface area contributed by atoms with Gasteiger partial charge >= 0.3 is 0 Å². The van der Waals surface area contributed by atoms with Gasteiger partial charge in [-0.3, -0.25) is 14.6 Å². The van der Waals surface area contributed by atoms with Gasteiger partial charge in [-0.1, -0.05) is 0 Å². The lowest BCUT2D eigenvalue weighted by atomic mass is 9.94. The van der Waals surface area contributed by atoms with Crippen LogP contribution in [0.3, 0.4) is 0 Å². The molecule has 1 aliphatic heterocycles. The molecule has 1 fully saturated rings. The maximum atomic E-state index is 12.7. The molecule has 1 atom stereocenters. The summed E-state index contributed by atoms with van der Waals surface area (Å²) in [6, 6.07) is 2.00. The largest absolute Gasteiger partial charge is 0.338 e. The number of H-pyrrole nitrogens is 1. The highest BCUT2D eigenvalue weighted by Crippen LogP contribution is 2.26. The fraction of sp³-hybridized carbons (Fsp3) is 0.533. The number of likely N-dealkylation sites (tertiary alicyclic amines) is 1. The van der Waals surface area contributed by atoms with Crippen LogP contribution in [-0.4, -0.2) is 43.9 Å². The number of carbonyl (C=O) groups is 1. The zero-order chi connectivity index (χ0) is 14.8. The fourth-order valence-corrected chi connectivity index (χ4v) is 2.97. The van der Waals surface area contributed by atoms with Gasteiger partial charge in [-0.2, -0.15) is 10.2 Å². The third-order valence-corrected chi connectivity index (χ3v) is 4.17. The molecule has 2 aromatic rings. The minimum atomic E-state index is 0.0939. The second kappa shape index (κ2) is 5.71. The maximum Gasteiger partial charge on any atom is 0.257 e. The van der Waals surface area contributed by atoms with Crippen molar-refractivity contribution in [1.82, 2.24) is 24.9 Å². The van der Waals surface area contributed by atoms with Crippen molar-refractivity contribution in [1.29, 1.82) is 0 Å². The SMILES string of the molecule is CCn1cc(C(=O)N2CCCC(c3ccn[nH]3)C2)c(C)n1. The quantitative estimate of drug-likeness (QED) is 0.938. The molecular weight excluding hydrogens is 266 g/mol. The van der Waals surface area contributed by atoms with Crippen LogP contribution in [0.4, 0.5) is 0 Å². The fourth-order valence-electron chi connectivity index (χ4n) is 2.97. The summed E-state index contributed by atoms with van der Waals surface area (Å²) >= 11 is 0. The highest BCUT2D eigenvalue weighted by molar-refractivity contribution is 5.95. The van der Waals surface area contributed by atoms with E-state index in [1.54, 1.807) is 6.20 Å². The number of aromatic nitrogens is 4. The van der Waals surface area contributed by atoms with Crippen LogP contribution in [0.15, 0.2) is 18.5 Å². The van der Waals surface area contributed by atoms with Crippen LogP contribution < -0.4 is 0 Å². The van der Waals surface area contributed by atoms with Gasteiger partial charge in [-0.15, -0.1) is 0 Å². The highest BCUT2D eigenvalue weighted by Gasteiger charge is 2.27. The molecular formula is C15H21N5O. The number of aromatic amines is 1. The first-order valence-corrected chi connectivity index (χ1v) is 7.51. The number of carbonyl (C=O) groups excluding carboxylic acids is 1. The highest BCUT2D eigenvalue weighted by atomic mass is 16.2. The molecule has 1 saturated heterocycles. The molecule has 1 N–H and O–H groups in total. The molecule has 0 aliphatic carbocycles. The number of piperidine rings is 1. The van der Waals surface area contributed by atoms with E-state index in [-0.39, 0.29) is 5.91 Å². The Kier molecular flexibility index (Phi) is 3.77. The third-order valence-electron chi connectivity index (χ3n) is 4.17. The average molecular weight is 287 g/mol. The molecule has 0 radical (unpaired) electrons. The number of rotatable bonds is 3. The van der Waals surface area contributed by atoms with Crippen LogP contribution in [0.25, 0.3) is 0 Å². The van der Waals surface area contributed by atoms with E-state index < -0.39 is 0 Å². The predicted octanol–water partition coefficient (Wildman–Crippen LogP) is 1.95. The van der Waals surface area contributed by atoms with E-state index >= 15 is 0 Å². The van der Waals surface area contributed by atoms with Gasteiger partial charge in [0, 0.05) is 43.6 Å². The van der Waals surface area contributed by atoms with Gasteiger partial charge in [0.05, 0.1) is 11.3 Å². The van der Waals surface area contributed by atoms with Crippen LogP contribution in [0.1, 0.15) is 47.4 Å². The third kappa shape index (κ3) is 2.70. The second-order valence-corrected chi connectivity index (χ2v) is 5.59. The summed E-state index contributed by atoms with van der Waals surface area (Å²) in [5.74, 6) is 0.447. The summed E-state index contributed by atoms with van der Waals surface area (Å²) in [5.41, 5.74) is 2.65. The van der Waals surface area contributed by atoms with E-state index in [9.17, 15) is 4.79 Å². The number of amides is 1. The van der Waals surface area contributed by atoms with Crippen LogP contribution in [0.5, 0.6) is 0 Å². The Labute approximate surface area is 124 Å². The summed E-state index contributed by atoms with van der Waals surface area (Å²) in [5, 5.41) is 11.4. The van der Waals surface area contributed by atoms with Crippen LogP contribution in [-0.2, 0) is 6.54 Å². The Balaban J connectivity index is 1.76. The standard InChI is InChI=1S/C15H21N5O/c1-3-20-10-13(11(2)18-20)15(21)19-8-4-5-12(9-19)14-6-7-16-17-14/h6-7,10,12H,3-5,8-9H2,1-2H3,(H,16,17). The van der Waals surface area contributed by atoms with E-state index in [4.69, 9.17) is 0 Å². The Morgan fingerprint density at radius 3 is 3.05 bits per heavy atom. The zero-order valence-electron chi connectivity index (χ0n) is 12.5. The van der Waals surface area contributed by atoms with Crippen molar-refractivity contribution in [3.8, 4) is 0 Å². The molecule has 1 aliphatic rings. The van der Waals surface area contributed by atoms with Crippen molar-refractivity contribution in [2.24, 2.45) is 0 Å². The molecule has 1 unspecified atom stereocenters. The summed E-state index contributed by atoms with van der Waals surface area (Å²) in [6.07, 6.45) is 5.75. The van der Waals surface area contributed by atoms with Crippen molar-refractivity contribution in [2.45, 2.75) is 39.2 Å². The van der Waals surface area contributed by atoms with Gasteiger partial charge in [-0.25, -0.2) is 0 Å². The van der Waals surface area contributed by atoms with Gasteiger partial charge in [-0.05, 0) is 32.8 Å². The monoisotopic (exact) mass is 287 g/mol. The first kappa shape index (κ1) is 13.9. The number of hydrogen-bond donors (Lipinski definition) is 1. The molecule has 0 saturated carbocycles. The molecule has 0 spiro atoms. The smallest absolute Gasteiger partial charge is 0.257 e. The molecule has 3 rings (SSSR count). The average Bonchev–Trinajstić information content (AvgIpc) is 3.16. The molecule has 3 heterocycles. The Bertz CT molecular complexity index is 616. The van der Waals surface area contributed by atoms with Crippen LogP contribution >= 0.6 is 0 Å². The first-order chi connectivity index (χ1) is 10.2. The van der Waals surface area contributed by atoms with Crippen molar-refractivity contribution in [3.63, 3.8) is 0 Å². The maximum absolute atomic E-state index is 12.7. The molecule has 21 heavy (non-hydrogen) atoms. The van der Waals surface area contributed by atoms with Gasteiger partial charge in [0.25, 0.3) is 5.91 Å². The number of hydrogen-bond acceptors (Lipinski definition) is 3. The molecule has 0 aromatic carbocycles. The lowest BCUT2D eigenvalue weighted by Crippen LogP contribution is -2.39.